The van der Waals surface area contributed by atoms with Gasteiger partial charge in [-0.1, -0.05) is 19.3 Å². The summed E-state index contributed by atoms with van der Waals surface area (Å²) in [5.74, 6) is 0.0517. The van der Waals surface area contributed by atoms with Crippen molar-refractivity contribution in [3.8, 4) is 0 Å². The summed E-state index contributed by atoms with van der Waals surface area (Å²) in [6.07, 6.45) is 6.58. The van der Waals surface area contributed by atoms with Crippen molar-refractivity contribution in [3.05, 3.63) is 6.20 Å². The summed E-state index contributed by atoms with van der Waals surface area (Å²) in [6, 6.07) is 0.0355. The fourth-order valence-corrected chi connectivity index (χ4v) is 3.60. The lowest BCUT2D eigenvalue weighted by Crippen LogP contribution is -2.36. The van der Waals surface area contributed by atoms with Gasteiger partial charge in [-0.15, -0.1) is 0 Å². The second-order valence-electron chi connectivity index (χ2n) is 4.51. The molecular formula is C10H18N4O2S. The highest BCUT2D eigenvalue weighted by Gasteiger charge is 2.25. The monoisotopic (exact) mass is 258 g/mol. The van der Waals surface area contributed by atoms with Crippen LogP contribution in [0.15, 0.2) is 11.1 Å². The number of nitrogens with two attached hydrogens (primary N) is 1. The molecule has 0 amide bonds. The Labute approximate surface area is 101 Å². The lowest BCUT2D eigenvalue weighted by molar-refractivity contribution is 0.412. The van der Waals surface area contributed by atoms with Crippen LogP contribution >= 0.6 is 0 Å². The van der Waals surface area contributed by atoms with Gasteiger partial charge in [-0.3, -0.25) is 4.68 Å². The number of aryl methyl sites for hydroxylation is 1. The molecule has 1 heterocycles. The van der Waals surface area contributed by atoms with Gasteiger partial charge >= 0.3 is 0 Å². The van der Waals surface area contributed by atoms with Crippen LogP contribution in [0, 0.1) is 0 Å². The minimum atomic E-state index is -3.53. The summed E-state index contributed by atoms with van der Waals surface area (Å²) in [5.41, 5.74) is 5.58. The van der Waals surface area contributed by atoms with Gasteiger partial charge in [0.25, 0.3) is 0 Å². The van der Waals surface area contributed by atoms with Gasteiger partial charge in [0.1, 0.15) is 4.90 Å². The van der Waals surface area contributed by atoms with E-state index in [0.29, 0.717) is 0 Å². The number of rotatable bonds is 3. The Kier molecular flexibility index (Phi) is 3.39. The number of nitrogens with zero attached hydrogens (tertiary/aromatic N) is 2. The molecule has 3 N–H and O–H groups in total. The van der Waals surface area contributed by atoms with E-state index in [-0.39, 0.29) is 16.8 Å². The van der Waals surface area contributed by atoms with E-state index in [9.17, 15) is 8.42 Å². The summed E-state index contributed by atoms with van der Waals surface area (Å²) in [7, 11) is -1.88. The molecule has 2 rings (SSSR count). The summed E-state index contributed by atoms with van der Waals surface area (Å²) >= 11 is 0. The van der Waals surface area contributed by atoms with Gasteiger partial charge in [-0.25, -0.2) is 13.1 Å². The van der Waals surface area contributed by atoms with Crippen molar-refractivity contribution >= 4 is 15.8 Å². The summed E-state index contributed by atoms with van der Waals surface area (Å²) in [5, 5.41) is 3.85. The number of nitrogen functional groups attached to an aromatic ring is 1. The molecule has 0 aromatic carbocycles. The fraction of sp³-hybridized carbons (Fsp3) is 0.700. The van der Waals surface area contributed by atoms with Crippen LogP contribution in [-0.2, 0) is 17.1 Å². The highest BCUT2D eigenvalue weighted by molar-refractivity contribution is 7.89. The molecule has 0 radical (unpaired) electrons. The second kappa shape index (κ2) is 4.66. The molecule has 0 bridgehead atoms. The molecule has 0 unspecified atom stereocenters. The van der Waals surface area contributed by atoms with Crippen LogP contribution in [-0.4, -0.2) is 24.2 Å². The molecule has 17 heavy (non-hydrogen) atoms. The van der Waals surface area contributed by atoms with Crippen LogP contribution in [0.25, 0.3) is 0 Å². The number of aromatic nitrogens is 2. The van der Waals surface area contributed by atoms with E-state index in [0.717, 1.165) is 25.7 Å². The Bertz CT molecular complexity index is 488. The number of hydrogen-bond acceptors (Lipinski definition) is 4. The number of nitrogens with one attached hydrogen (secondary N) is 1. The molecule has 0 atom stereocenters. The number of sulfonamides is 1. The van der Waals surface area contributed by atoms with Crippen molar-refractivity contribution in [2.75, 3.05) is 5.73 Å². The molecule has 6 nitrogen and oxygen atoms in total. The van der Waals surface area contributed by atoms with Gasteiger partial charge in [0.2, 0.25) is 10.0 Å². The lowest BCUT2D eigenvalue weighted by atomic mass is 9.96. The van der Waals surface area contributed by atoms with Crippen LogP contribution in [0.3, 0.4) is 0 Å². The average molecular weight is 258 g/mol. The normalized spacial score (nSPS) is 18.4. The van der Waals surface area contributed by atoms with Crippen LogP contribution in [0.1, 0.15) is 32.1 Å². The van der Waals surface area contributed by atoms with Gasteiger partial charge in [0, 0.05) is 19.3 Å². The van der Waals surface area contributed by atoms with E-state index >= 15 is 0 Å². The minimum Gasteiger partial charge on any atom is -0.381 e. The van der Waals surface area contributed by atoms with E-state index < -0.39 is 10.0 Å². The minimum absolute atomic E-state index is 0.0355. The third kappa shape index (κ3) is 2.78. The summed E-state index contributed by atoms with van der Waals surface area (Å²) in [4.78, 5) is 0.0746. The molecule has 7 heteroatoms. The maximum absolute atomic E-state index is 12.1. The molecule has 1 saturated carbocycles. The first-order valence-corrected chi connectivity index (χ1v) is 7.29. The Balaban J connectivity index is 2.15. The maximum Gasteiger partial charge on any atom is 0.246 e. The predicted octanol–water partition coefficient (Wildman–Crippen LogP) is 0.613. The molecule has 1 aromatic rings. The highest BCUT2D eigenvalue weighted by Crippen LogP contribution is 2.21. The van der Waals surface area contributed by atoms with Crippen molar-refractivity contribution in [1.29, 1.82) is 0 Å². The molecule has 96 valence electrons. The first-order chi connectivity index (χ1) is 7.99. The molecule has 0 saturated heterocycles. The average Bonchev–Trinajstić information content (AvgIpc) is 2.59. The zero-order valence-electron chi connectivity index (χ0n) is 9.89. The topological polar surface area (TPSA) is 90.0 Å². The SMILES string of the molecule is Cn1cc(S(=O)(=O)NC2CCCCC2)c(N)n1. The Morgan fingerprint density at radius 1 is 1.41 bits per heavy atom. The summed E-state index contributed by atoms with van der Waals surface area (Å²) in [6.45, 7) is 0. The Hall–Kier alpha value is -1.08. The number of hydrogen-bond donors (Lipinski definition) is 2. The molecular weight excluding hydrogens is 240 g/mol. The molecule has 1 fully saturated rings. The van der Waals surface area contributed by atoms with Crippen molar-refractivity contribution in [2.24, 2.45) is 7.05 Å². The third-order valence-corrected chi connectivity index (χ3v) is 4.58. The van der Waals surface area contributed by atoms with Crippen LogP contribution in [0.5, 0.6) is 0 Å². The van der Waals surface area contributed by atoms with Crippen molar-refractivity contribution in [1.82, 2.24) is 14.5 Å². The fourth-order valence-electron chi connectivity index (χ4n) is 2.19. The molecule has 1 aliphatic rings. The van der Waals surface area contributed by atoms with Crippen molar-refractivity contribution < 1.29 is 8.42 Å². The van der Waals surface area contributed by atoms with Crippen molar-refractivity contribution in [3.63, 3.8) is 0 Å². The van der Waals surface area contributed by atoms with Gasteiger partial charge in [0.05, 0.1) is 0 Å². The zero-order valence-corrected chi connectivity index (χ0v) is 10.7. The molecule has 1 aliphatic carbocycles. The first kappa shape index (κ1) is 12.4. The van der Waals surface area contributed by atoms with Gasteiger partial charge in [0.15, 0.2) is 5.82 Å². The van der Waals surface area contributed by atoms with Crippen molar-refractivity contribution in [2.45, 2.75) is 43.0 Å². The van der Waals surface area contributed by atoms with E-state index in [1.807, 2.05) is 0 Å². The van der Waals surface area contributed by atoms with Crippen LogP contribution in [0.4, 0.5) is 5.82 Å². The predicted molar refractivity (Wildman–Crippen MR) is 64.8 cm³/mol. The molecule has 1 aromatic heterocycles. The van der Waals surface area contributed by atoms with Gasteiger partial charge in [-0.05, 0) is 12.8 Å². The quantitative estimate of drug-likeness (QED) is 0.831. The standard InChI is InChI=1S/C10H18N4O2S/c1-14-7-9(10(11)12-14)17(15,16)13-8-5-3-2-4-6-8/h7-8,13H,2-6H2,1H3,(H2,11,12). The zero-order chi connectivity index (χ0) is 12.5. The van der Waals surface area contributed by atoms with E-state index in [4.69, 9.17) is 5.73 Å². The van der Waals surface area contributed by atoms with Gasteiger partial charge in [-0.2, -0.15) is 5.10 Å². The number of anilines is 1. The largest absolute Gasteiger partial charge is 0.381 e. The van der Waals surface area contributed by atoms with E-state index in [1.165, 1.54) is 17.3 Å². The van der Waals surface area contributed by atoms with Crippen LogP contribution in [0.2, 0.25) is 0 Å². The molecule has 0 spiro atoms. The summed E-state index contributed by atoms with van der Waals surface area (Å²) < 4.78 is 28.3. The second-order valence-corrected chi connectivity index (χ2v) is 6.19. The molecule has 0 aliphatic heterocycles. The first-order valence-electron chi connectivity index (χ1n) is 5.80. The smallest absolute Gasteiger partial charge is 0.246 e. The lowest BCUT2D eigenvalue weighted by Gasteiger charge is -2.22. The van der Waals surface area contributed by atoms with Gasteiger partial charge < -0.3 is 5.73 Å². The Morgan fingerprint density at radius 2 is 2.06 bits per heavy atom. The van der Waals surface area contributed by atoms with E-state index in [2.05, 4.69) is 9.82 Å². The van der Waals surface area contributed by atoms with Crippen LogP contribution < -0.4 is 10.5 Å². The van der Waals surface area contributed by atoms with E-state index in [1.54, 1.807) is 7.05 Å². The Morgan fingerprint density at radius 3 is 2.59 bits per heavy atom. The maximum atomic E-state index is 12.1. The third-order valence-electron chi connectivity index (χ3n) is 3.04. The highest BCUT2D eigenvalue weighted by atomic mass is 32.2.